The predicted molar refractivity (Wildman–Crippen MR) is 57.7 cm³/mol. The fraction of sp³-hybridized carbons (Fsp3) is 0.400. The van der Waals surface area contributed by atoms with Crippen molar-refractivity contribution >= 4 is 15.9 Å². The lowest BCUT2D eigenvalue weighted by atomic mass is 10.1. The van der Waals surface area contributed by atoms with Crippen LogP contribution in [0.5, 0.6) is 11.5 Å². The number of fused-ring (bicyclic) bond motifs is 1. The molecule has 1 aliphatic heterocycles. The number of hydrogen-bond acceptors (Lipinski definition) is 3. The molecule has 0 aromatic heterocycles. The van der Waals surface area contributed by atoms with Crippen molar-refractivity contribution in [3.8, 4) is 11.5 Å². The maximum Gasteiger partial charge on any atom is 0.139 e. The number of ether oxygens (including phenoxy) is 2. The quantitative estimate of drug-likeness (QED) is 0.840. The summed E-state index contributed by atoms with van der Waals surface area (Å²) in [5.74, 6) is 1.63. The van der Waals surface area contributed by atoms with Crippen LogP contribution in [-0.4, -0.2) is 13.2 Å². The van der Waals surface area contributed by atoms with Crippen LogP contribution in [0.2, 0.25) is 0 Å². The summed E-state index contributed by atoms with van der Waals surface area (Å²) >= 11 is 3.43. The van der Waals surface area contributed by atoms with Crippen LogP contribution in [0.1, 0.15) is 18.5 Å². The normalized spacial score (nSPS) is 24.3. The van der Waals surface area contributed by atoms with Crippen LogP contribution in [0, 0.1) is 0 Å². The summed E-state index contributed by atoms with van der Waals surface area (Å²) in [6.45, 7) is 1.96. The summed E-state index contributed by atoms with van der Waals surface area (Å²) in [5, 5.41) is 0. The van der Waals surface area contributed by atoms with Gasteiger partial charge in [0.05, 0.1) is 17.6 Å². The molecule has 0 saturated carbocycles. The zero-order chi connectivity index (χ0) is 10.3. The molecule has 1 aromatic carbocycles. The first-order valence-corrected chi connectivity index (χ1v) is 5.22. The van der Waals surface area contributed by atoms with Crippen molar-refractivity contribution in [2.75, 3.05) is 7.11 Å². The van der Waals surface area contributed by atoms with Gasteiger partial charge >= 0.3 is 0 Å². The Hall–Kier alpha value is -0.740. The molecule has 0 bridgehead atoms. The number of rotatable bonds is 1. The number of nitrogens with two attached hydrogens (primary N) is 1. The smallest absolute Gasteiger partial charge is 0.139 e. The van der Waals surface area contributed by atoms with E-state index in [2.05, 4.69) is 15.9 Å². The topological polar surface area (TPSA) is 44.5 Å². The van der Waals surface area contributed by atoms with E-state index in [4.69, 9.17) is 15.2 Å². The molecular formula is C10H12BrNO2. The highest BCUT2D eigenvalue weighted by Crippen LogP contribution is 2.42. The van der Waals surface area contributed by atoms with Gasteiger partial charge < -0.3 is 15.2 Å². The average molecular weight is 258 g/mol. The lowest BCUT2D eigenvalue weighted by Crippen LogP contribution is -2.21. The number of hydrogen-bond donors (Lipinski definition) is 1. The number of methoxy groups -OCH3 is 1. The van der Waals surface area contributed by atoms with E-state index in [1.54, 1.807) is 7.11 Å². The Bertz CT molecular complexity index is 367. The summed E-state index contributed by atoms with van der Waals surface area (Å²) in [6, 6.07) is 3.73. The van der Waals surface area contributed by atoms with Crippen molar-refractivity contribution in [2.24, 2.45) is 5.73 Å². The van der Waals surface area contributed by atoms with Crippen LogP contribution in [0.3, 0.4) is 0 Å². The van der Waals surface area contributed by atoms with Crippen LogP contribution in [0.15, 0.2) is 16.6 Å². The van der Waals surface area contributed by atoms with Crippen LogP contribution in [0.4, 0.5) is 0 Å². The van der Waals surface area contributed by atoms with E-state index >= 15 is 0 Å². The molecule has 4 heteroatoms. The third kappa shape index (κ3) is 1.38. The van der Waals surface area contributed by atoms with E-state index in [0.717, 1.165) is 21.5 Å². The molecule has 2 N–H and O–H groups in total. The van der Waals surface area contributed by atoms with E-state index in [1.807, 2.05) is 19.1 Å². The average Bonchev–Trinajstić information content (AvgIpc) is 2.45. The molecule has 0 fully saturated rings. The summed E-state index contributed by atoms with van der Waals surface area (Å²) in [5.41, 5.74) is 6.98. The van der Waals surface area contributed by atoms with Gasteiger partial charge in [0.15, 0.2) is 0 Å². The van der Waals surface area contributed by atoms with Gasteiger partial charge in [0.2, 0.25) is 0 Å². The second-order valence-corrected chi connectivity index (χ2v) is 4.23. The molecule has 0 saturated heterocycles. The van der Waals surface area contributed by atoms with Crippen molar-refractivity contribution in [3.05, 3.63) is 22.2 Å². The molecule has 1 aromatic rings. The third-order valence-electron chi connectivity index (χ3n) is 2.45. The molecule has 0 aliphatic carbocycles. The van der Waals surface area contributed by atoms with Crippen LogP contribution in [0.25, 0.3) is 0 Å². The third-order valence-corrected chi connectivity index (χ3v) is 3.04. The number of halogens is 1. The summed E-state index contributed by atoms with van der Waals surface area (Å²) in [7, 11) is 1.64. The van der Waals surface area contributed by atoms with E-state index in [1.165, 1.54) is 0 Å². The largest absolute Gasteiger partial charge is 0.497 e. The van der Waals surface area contributed by atoms with Gasteiger partial charge in [-0.1, -0.05) is 0 Å². The second kappa shape index (κ2) is 3.44. The molecular weight excluding hydrogens is 246 g/mol. The molecule has 0 amide bonds. The fourth-order valence-corrected chi connectivity index (χ4v) is 2.14. The van der Waals surface area contributed by atoms with Crippen LogP contribution < -0.4 is 15.2 Å². The first-order valence-electron chi connectivity index (χ1n) is 4.43. The Morgan fingerprint density at radius 1 is 1.50 bits per heavy atom. The Morgan fingerprint density at radius 3 is 2.86 bits per heavy atom. The minimum absolute atomic E-state index is 0.0217. The van der Waals surface area contributed by atoms with Gasteiger partial charge in [0.25, 0.3) is 0 Å². The highest BCUT2D eigenvalue weighted by Gasteiger charge is 2.30. The molecule has 14 heavy (non-hydrogen) atoms. The van der Waals surface area contributed by atoms with Crippen molar-refractivity contribution in [3.63, 3.8) is 0 Å². The zero-order valence-corrected chi connectivity index (χ0v) is 9.67. The molecule has 76 valence electrons. The van der Waals surface area contributed by atoms with Gasteiger partial charge in [0.1, 0.15) is 17.6 Å². The molecule has 2 atom stereocenters. The van der Waals surface area contributed by atoms with Gasteiger partial charge in [-0.15, -0.1) is 0 Å². The highest BCUT2D eigenvalue weighted by atomic mass is 79.9. The van der Waals surface area contributed by atoms with E-state index < -0.39 is 0 Å². The summed E-state index contributed by atoms with van der Waals surface area (Å²) < 4.78 is 11.7. The Labute approximate surface area is 91.3 Å². The maximum atomic E-state index is 5.98. The minimum Gasteiger partial charge on any atom is -0.497 e. The van der Waals surface area contributed by atoms with Crippen molar-refractivity contribution < 1.29 is 9.47 Å². The summed E-state index contributed by atoms with van der Waals surface area (Å²) in [4.78, 5) is 0. The standard InChI is InChI=1S/C10H12BrNO2/c1-5-9(12)7-3-6(13-2)4-8(11)10(7)14-5/h3-5,9H,12H2,1-2H3. The minimum atomic E-state index is -0.0728. The molecule has 3 nitrogen and oxygen atoms in total. The van der Waals surface area contributed by atoms with Crippen LogP contribution in [-0.2, 0) is 0 Å². The first kappa shape index (κ1) is 9.80. The van der Waals surface area contributed by atoms with Gasteiger partial charge in [-0.3, -0.25) is 0 Å². The summed E-state index contributed by atoms with van der Waals surface area (Å²) in [6.07, 6.45) is 0.0217. The van der Waals surface area contributed by atoms with Crippen molar-refractivity contribution in [1.29, 1.82) is 0 Å². The van der Waals surface area contributed by atoms with Gasteiger partial charge in [0, 0.05) is 5.56 Å². The maximum absolute atomic E-state index is 5.98. The molecule has 0 spiro atoms. The zero-order valence-electron chi connectivity index (χ0n) is 8.08. The monoisotopic (exact) mass is 257 g/mol. The van der Waals surface area contributed by atoms with Gasteiger partial charge in [-0.25, -0.2) is 0 Å². The molecule has 2 rings (SSSR count). The van der Waals surface area contributed by atoms with Crippen molar-refractivity contribution in [2.45, 2.75) is 19.1 Å². The Kier molecular flexibility index (Phi) is 2.41. The second-order valence-electron chi connectivity index (χ2n) is 3.38. The Morgan fingerprint density at radius 2 is 2.21 bits per heavy atom. The number of benzene rings is 1. The van der Waals surface area contributed by atoms with Gasteiger partial charge in [-0.2, -0.15) is 0 Å². The fourth-order valence-electron chi connectivity index (χ4n) is 1.59. The molecule has 1 heterocycles. The lowest BCUT2D eigenvalue weighted by Gasteiger charge is -2.07. The van der Waals surface area contributed by atoms with Crippen molar-refractivity contribution in [1.82, 2.24) is 0 Å². The highest BCUT2D eigenvalue weighted by molar-refractivity contribution is 9.10. The lowest BCUT2D eigenvalue weighted by molar-refractivity contribution is 0.227. The van der Waals surface area contributed by atoms with Crippen LogP contribution >= 0.6 is 15.9 Å². The SMILES string of the molecule is COc1cc(Br)c2c(c1)C(N)C(C)O2. The predicted octanol–water partition coefficient (Wildman–Crippen LogP) is 2.24. The van der Waals surface area contributed by atoms with E-state index in [0.29, 0.717) is 0 Å². The molecule has 0 radical (unpaired) electrons. The van der Waals surface area contributed by atoms with E-state index in [-0.39, 0.29) is 12.1 Å². The molecule has 2 unspecified atom stereocenters. The Balaban J connectivity index is 2.52. The first-order chi connectivity index (χ1) is 6.63. The van der Waals surface area contributed by atoms with Gasteiger partial charge in [-0.05, 0) is 35.0 Å². The van der Waals surface area contributed by atoms with E-state index in [9.17, 15) is 0 Å². The molecule has 1 aliphatic rings.